The Hall–Kier alpha value is -1.99. The van der Waals surface area contributed by atoms with E-state index in [-0.39, 0.29) is 0 Å². The van der Waals surface area contributed by atoms with Gasteiger partial charge in [-0.2, -0.15) is 0 Å². The fourth-order valence-electron chi connectivity index (χ4n) is 1.16. The molecule has 0 saturated carbocycles. The van der Waals surface area contributed by atoms with Crippen molar-refractivity contribution in [2.45, 2.75) is 0 Å². The van der Waals surface area contributed by atoms with Crippen LogP contribution in [0.3, 0.4) is 0 Å². The maximum absolute atomic E-state index is 10.9. The summed E-state index contributed by atoms with van der Waals surface area (Å²) in [6.45, 7) is 0.304. The number of rotatable bonds is 4. The number of hydrogen-bond donors (Lipinski definition) is 1. The number of hydroxylamine groups is 1. The van der Waals surface area contributed by atoms with E-state index in [1.807, 2.05) is 0 Å². The van der Waals surface area contributed by atoms with Crippen molar-refractivity contribution in [1.82, 2.24) is 0 Å². The first-order valence-corrected chi connectivity index (χ1v) is 4.34. The summed E-state index contributed by atoms with van der Waals surface area (Å²) in [4.78, 5) is 16.0. The molecule has 0 aliphatic rings. The molecule has 0 atom stereocenters. The highest BCUT2D eigenvalue weighted by Gasteiger charge is 2.06. The molecule has 1 aromatic rings. The molecule has 0 bridgehead atoms. The largest absolute Gasteiger partial charge is 0.366 e. The smallest absolute Gasteiger partial charge is 0.248 e. The van der Waals surface area contributed by atoms with Gasteiger partial charge in [-0.3, -0.25) is 9.63 Å². The average molecular weight is 204 g/mol. The van der Waals surface area contributed by atoms with Gasteiger partial charge in [0.1, 0.15) is 6.54 Å². The quantitative estimate of drug-likeness (QED) is 0.582. The van der Waals surface area contributed by atoms with Crippen molar-refractivity contribution >= 4 is 11.6 Å². The Bertz CT molecular complexity index is 396. The van der Waals surface area contributed by atoms with Crippen LogP contribution in [0, 0.1) is 12.3 Å². The van der Waals surface area contributed by atoms with Crippen molar-refractivity contribution in [3.8, 4) is 12.3 Å². The third-order valence-electron chi connectivity index (χ3n) is 1.87. The van der Waals surface area contributed by atoms with Crippen LogP contribution in [0.25, 0.3) is 0 Å². The standard InChI is InChI=1S/C11H12N2O2/c1-3-7-13(15-2)10-6-4-5-9(8-10)11(12)14/h1,4-6,8H,7H2,2H3,(H2,12,14). The molecule has 0 unspecified atom stereocenters. The zero-order valence-corrected chi connectivity index (χ0v) is 8.43. The summed E-state index contributed by atoms with van der Waals surface area (Å²) in [6.07, 6.45) is 5.18. The predicted octanol–water partition coefficient (Wildman–Crippen LogP) is 0.787. The Labute approximate surface area is 88.6 Å². The fraction of sp³-hybridized carbons (Fsp3) is 0.182. The van der Waals surface area contributed by atoms with Crippen LogP contribution in [0.15, 0.2) is 24.3 Å². The molecule has 1 aromatic carbocycles. The number of nitrogens with two attached hydrogens (primary N) is 1. The maximum Gasteiger partial charge on any atom is 0.248 e. The van der Waals surface area contributed by atoms with Crippen molar-refractivity contribution < 1.29 is 9.63 Å². The van der Waals surface area contributed by atoms with E-state index < -0.39 is 5.91 Å². The van der Waals surface area contributed by atoms with Gasteiger partial charge in [-0.25, -0.2) is 5.06 Å². The van der Waals surface area contributed by atoms with E-state index in [1.165, 1.54) is 12.2 Å². The molecular formula is C11H12N2O2. The minimum absolute atomic E-state index is 0.304. The number of nitrogens with zero attached hydrogens (tertiary/aromatic N) is 1. The van der Waals surface area contributed by atoms with Gasteiger partial charge in [0.05, 0.1) is 12.8 Å². The number of hydrogen-bond acceptors (Lipinski definition) is 3. The first-order valence-electron chi connectivity index (χ1n) is 4.34. The highest BCUT2D eigenvalue weighted by molar-refractivity contribution is 5.93. The first kappa shape index (κ1) is 11.1. The van der Waals surface area contributed by atoms with E-state index in [9.17, 15) is 4.79 Å². The van der Waals surface area contributed by atoms with Gasteiger partial charge in [0.25, 0.3) is 0 Å². The van der Waals surface area contributed by atoms with Crippen LogP contribution in [0.5, 0.6) is 0 Å². The Kier molecular flexibility index (Phi) is 3.72. The highest BCUT2D eigenvalue weighted by atomic mass is 16.7. The third-order valence-corrected chi connectivity index (χ3v) is 1.87. The van der Waals surface area contributed by atoms with Crippen LogP contribution in [-0.4, -0.2) is 19.6 Å². The third kappa shape index (κ3) is 2.73. The van der Waals surface area contributed by atoms with Gasteiger partial charge < -0.3 is 5.73 Å². The van der Waals surface area contributed by atoms with Crippen LogP contribution in [0.4, 0.5) is 5.69 Å². The molecule has 0 aliphatic heterocycles. The van der Waals surface area contributed by atoms with E-state index in [0.717, 1.165) is 0 Å². The number of carbonyl (C=O) groups is 1. The molecule has 0 spiro atoms. The predicted molar refractivity (Wildman–Crippen MR) is 58.1 cm³/mol. The first-order chi connectivity index (χ1) is 7.19. The summed E-state index contributed by atoms with van der Waals surface area (Å²) in [7, 11) is 1.51. The van der Waals surface area contributed by atoms with Gasteiger partial charge in [0.2, 0.25) is 5.91 Å². The van der Waals surface area contributed by atoms with Gasteiger partial charge >= 0.3 is 0 Å². The molecular weight excluding hydrogens is 192 g/mol. The molecule has 1 rings (SSSR count). The van der Waals surface area contributed by atoms with Gasteiger partial charge in [0, 0.05) is 5.56 Å². The van der Waals surface area contributed by atoms with Gasteiger partial charge in [-0.05, 0) is 18.2 Å². The van der Waals surface area contributed by atoms with Gasteiger partial charge in [0.15, 0.2) is 0 Å². The lowest BCUT2D eigenvalue weighted by Gasteiger charge is -2.19. The van der Waals surface area contributed by atoms with Crippen molar-refractivity contribution in [3.63, 3.8) is 0 Å². The minimum Gasteiger partial charge on any atom is -0.366 e. The summed E-state index contributed by atoms with van der Waals surface area (Å²) in [6, 6.07) is 6.77. The topological polar surface area (TPSA) is 55.6 Å². The number of terminal acetylenes is 1. The molecule has 4 heteroatoms. The van der Waals surface area contributed by atoms with E-state index in [0.29, 0.717) is 17.8 Å². The fourth-order valence-corrected chi connectivity index (χ4v) is 1.16. The zero-order chi connectivity index (χ0) is 11.3. The maximum atomic E-state index is 10.9. The lowest BCUT2D eigenvalue weighted by Crippen LogP contribution is -2.22. The minimum atomic E-state index is -0.478. The van der Waals surface area contributed by atoms with Gasteiger partial charge in [-0.1, -0.05) is 12.0 Å². The van der Waals surface area contributed by atoms with E-state index in [2.05, 4.69) is 5.92 Å². The zero-order valence-electron chi connectivity index (χ0n) is 8.43. The molecule has 78 valence electrons. The van der Waals surface area contributed by atoms with Crippen molar-refractivity contribution in [2.24, 2.45) is 5.73 Å². The molecule has 4 nitrogen and oxygen atoms in total. The lowest BCUT2D eigenvalue weighted by molar-refractivity contribution is 0.1000. The molecule has 2 N–H and O–H groups in total. The van der Waals surface area contributed by atoms with Crippen molar-refractivity contribution in [2.75, 3.05) is 18.7 Å². The molecule has 0 fully saturated rings. The lowest BCUT2D eigenvalue weighted by atomic mass is 10.2. The molecule has 0 radical (unpaired) electrons. The molecule has 0 heterocycles. The van der Waals surface area contributed by atoms with Crippen LogP contribution in [0.1, 0.15) is 10.4 Å². The number of amides is 1. The Morgan fingerprint density at radius 3 is 2.93 bits per heavy atom. The number of anilines is 1. The normalized spacial score (nSPS) is 9.33. The highest BCUT2D eigenvalue weighted by Crippen LogP contribution is 2.15. The summed E-state index contributed by atoms with van der Waals surface area (Å²) in [5, 5.41) is 1.49. The Morgan fingerprint density at radius 1 is 1.67 bits per heavy atom. The van der Waals surface area contributed by atoms with Crippen LogP contribution < -0.4 is 10.8 Å². The second kappa shape index (κ2) is 5.03. The Morgan fingerprint density at radius 2 is 2.40 bits per heavy atom. The monoisotopic (exact) mass is 204 g/mol. The average Bonchev–Trinajstić information content (AvgIpc) is 2.26. The molecule has 15 heavy (non-hydrogen) atoms. The van der Waals surface area contributed by atoms with Gasteiger partial charge in [-0.15, -0.1) is 6.42 Å². The second-order valence-corrected chi connectivity index (χ2v) is 2.84. The summed E-state index contributed by atoms with van der Waals surface area (Å²) in [5.74, 6) is 1.97. The van der Waals surface area contributed by atoms with Crippen molar-refractivity contribution in [1.29, 1.82) is 0 Å². The summed E-state index contributed by atoms with van der Waals surface area (Å²) >= 11 is 0. The molecule has 0 aliphatic carbocycles. The molecule has 0 aromatic heterocycles. The van der Waals surface area contributed by atoms with Crippen LogP contribution in [-0.2, 0) is 4.84 Å². The molecule has 1 amide bonds. The number of primary amides is 1. The van der Waals surface area contributed by atoms with Crippen LogP contribution >= 0.6 is 0 Å². The summed E-state index contributed by atoms with van der Waals surface area (Å²) < 4.78 is 0. The molecule has 0 saturated heterocycles. The van der Waals surface area contributed by atoms with E-state index in [4.69, 9.17) is 17.0 Å². The van der Waals surface area contributed by atoms with E-state index in [1.54, 1.807) is 24.3 Å². The summed E-state index contributed by atoms with van der Waals surface area (Å²) in [5.41, 5.74) is 6.28. The van der Waals surface area contributed by atoms with Crippen LogP contribution in [0.2, 0.25) is 0 Å². The van der Waals surface area contributed by atoms with Crippen molar-refractivity contribution in [3.05, 3.63) is 29.8 Å². The second-order valence-electron chi connectivity index (χ2n) is 2.84. The number of benzene rings is 1. The SMILES string of the molecule is C#CCN(OC)c1cccc(C(N)=O)c1. The number of carbonyl (C=O) groups excluding carboxylic acids is 1. The van der Waals surface area contributed by atoms with E-state index >= 15 is 0 Å². The Balaban J connectivity index is 2.98.